The SMILES string of the molecule is COc1ccc(C[C@]2(CCC(=O)N3CCN(Cc4cccc(C)c4)C(=O)C3)CCC(=O)N2)cc1OC. The first kappa shape index (κ1) is 25.5. The van der Waals surface area contributed by atoms with Crippen molar-refractivity contribution in [3.05, 3.63) is 59.2 Å². The lowest BCUT2D eigenvalue weighted by Crippen LogP contribution is -2.52. The number of methoxy groups -OCH3 is 2. The maximum atomic E-state index is 13.1. The topological polar surface area (TPSA) is 88.2 Å². The summed E-state index contributed by atoms with van der Waals surface area (Å²) in [7, 11) is 3.18. The molecule has 1 N–H and O–H groups in total. The lowest BCUT2D eigenvalue weighted by atomic mass is 9.84. The first-order chi connectivity index (χ1) is 17.3. The maximum Gasteiger partial charge on any atom is 0.242 e. The Morgan fingerprint density at radius 3 is 2.50 bits per heavy atom. The number of ether oxygens (including phenoxy) is 2. The van der Waals surface area contributed by atoms with Gasteiger partial charge in [-0.25, -0.2) is 0 Å². The van der Waals surface area contributed by atoms with Crippen molar-refractivity contribution in [1.82, 2.24) is 15.1 Å². The summed E-state index contributed by atoms with van der Waals surface area (Å²) in [6, 6.07) is 13.9. The lowest BCUT2D eigenvalue weighted by molar-refractivity contribution is -0.145. The molecule has 192 valence electrons. The highest BCUT2D eigenvalue weighted by Gasteiger charge is 2.39. The second-order valence-corrected chi connectivity index (χ2v) is 9.81. The minimum absolute atomic E-state index is 0.00265. The molecule has 1 atom stereocenters. The van der Waals surface area contributed by atoms with Gasteiger partial charge in [-0.15, -0.1) is 0 Å². The van der Waals surface area contributed by atoms with Crippen molar-refractivity contribution < 1.29 is 23.9 Å². The Morgan fingerprint density at radius 2 is 1.83 bits per heavy atom. The summed E-state index contributed by atoms with van der Waals surface area (Å²) >= 11 is 0. The number of aryl methyl sites for hydroxylation is 1. The second-order valence-electron chi connectivity index (χ2n) is 9.81. The summed E-state index contributed by atoms with van der Waals surface area (Å²) in [6.45, 7) is 3.73. The van der Waals surface area contributed by atoms with Crippen LogP contribution in [-0.2, 0) is 27.3 Å². The Hall–Kier alpha value is -3.55. The van der Waals surface area contributed by atoms with E-state index >= 15 is 0 Å². The maximum absolute atomic E-state index is 13.1. The highest BCUT2D eigenvalue weighted by Crippen LogP contribution is 2.33. The number of rotatable bonds is 9. The van der Waals surface area contributed by atoms with Gasteiger partial charge < -0.3 is 24.6 Å². The van der Waals surface area contributed by atoms with Crippen LogP contribution in [0.25, 0.3) is 0 Å². The van der Waals surface area contributed by atoms with E-state index in [4.69, 9.17) is 9.47 Å². The predicted molar refractivity (Wildman–Crippen MR) is 136 cm³/mol. The third-order valence-electron chi connectivity index (χ3n) is 7.17. The zero-order valence-corrected chi connectivity index (χ0v) is 21.3. The molecule has 0 aromatic heterocycles. The number of carbonyl (C=O) groups is 3. The van der Waals surface area contributed by atoms with Crippen LogP contribution in [0.3, 0.4) is 0 Å². The van der Waals surface area contributed by atoms with Crippen LogP contribution in [0.1, 0.15) is 42.4 Å². The van der Waals surface area contributed by atoms with Gasteiger partial charge in [0.1, 0.15) is 0 Å². The summed E-state index contributed by atoms with van der Waals surface area (Å²) in [5.41, 5.74) is 2.76. The number of amides is 3. The van der Waals surface area contributed by atoms with Gasteiger partial charge in [-0.2, -0.15) is 0 Å². The van der Waals surface area contributed by atoms with Crippen LogP contribution < -0.4 is 14.8 Å². The fourth-order valence-corrected chi connectivity index (χ4v) is 5.19. The quantitative estimate of drug-likeness (QED) is 0.581. The van der Waals surface area contributed by atoms with Crippen LogP contribution in [-0.4, -0.2) is 66.9 Å². The zero-order valence-electron chi connectivity index (χ0n) is 21.3. The molecule has 0 radical (unpaired) electrons. The molecule has 2 fully saturated rings. The van der Waals surface area contributed by atoms with E-state index < -0.39 is 5.54 Å². The average molecular weight is 494 g/mol. The molecule has 0 aliphatic carbocycles. The van der Waals surface area contributed by atoms with Crippen molar-refractivity contribution in [1.29, 1.82) is 0 Å². The van der Waals surface area contributed by atoms with Crippen molar-refractivity contribution in [3.8, 4) is 11.5 Å². The summed E-state index contributed by atoms with van der Waals surface area (Å²) in [5.74, 6) is 1.19. The van der Waals surface area contributed by atoms with Gasteiger partial charge in [0.25, 0.3) is 0 Å². The molecular formula is C28H35N3O5. The van der Waals surface area contributed by atoms with Gasteiger partial charge in [-0.1, -0.05) is 35.9 Å². The highest BCUT2D eigenvalue weighted by molar-refractivity contribution is 5.86. The Labute approximate surface area is 212 Å². The molecule has 8 nitrogen and oxygen atoms in total. The Morgan fingerprint density at radius 1 is 1.03 bits per heavy atom. The lowest BCUT2D eigenvalue weighted by Gasteiger charge is -2.35. The van der Waals surface area contributed by atoms with Gasteiger partial charge in [0.15, 0.2) is 11.5 Å². The van der Waals surface area contributed by atoms with Crippen LogP contribution in [0.2, 0.25) is 0 Å². The first-order valence-corrected chi connectivity index (χ1v) is 12.4. The van der Waals surface area contributed by atoms with Crippen molar-refractivity contribution in [2.24, 2.45) is 0 Å². The van der Waals surface area contributed by atoms with E-state index in [9.17, 15) is 14.4 Å². The highest BCUT2D eigenvalue weighted by atomic mass is 16.5. The Balaban J connectivity index is 1.36. The molecule has 2 aliphatic rings. The van der Waals surface area contributed by atoms with Gasteiger partial charge in [-0.3, -0.25) is 14.4 Å². The zero-order chi connectivity index (χ0) is 25.7. The molecule has 0 bridgehead atoms. The molecule has 4 rings (SSSR count). The van der Waals surface area contributed by atoms with E-state index in [1.54, 1.807) is 19.1 Å². The second kappa shape index (κ2) is 11.0. The minimum atomic E-state index is -0.497. The van der Waals surface area contributed by atoms with Crippen molar-refractivity contribution in [3.63, 3.8) is 0 Å². The summed E-state index contributed by atoms with van der Waals surface area (Å²) in [5, 5.41) is 3.13. The van der Waals surface area contributed by atoms with Crippen LogP contribution in [0.15, 0.2) is 42.5 Å². The van der Waals surface area contributed by atoms with Crippen LogP contribution in [0.4, 0.5) is 0 Å². The third-order valence-corrected chi connectivity index (χ3v) is 7.17. The van der Waals surface area contributed by atoms with Gasteiger partial charge in [-0.05, 0) is 49.4 Å². The summed E-state index contributed by atoms with van der Waals surface area (Å²) in [4.78, 5) is 41.5. The fraction of sp³-hybridized carbons (Fsp3) is 0.464. The number of benzene rings is 2. The molecule has 2 aliphatic heterocycles. The number of carbonyl (C=O) groups excluding carboxylic acids is 3. The van der Waals surface area contributed by atoms with Crippen molar-refractivity contribution in [2.45, 2.75) is 51.1 Å². The van der Waals surface area contributed by atoms with Crippen LogP contribution in [0, 0.1) is 6.92 Å². The van der Waals surface area contributed by atoms with Crippen LogP contribution >= 0.6 is 0 Å². The number of piperazine rings is 1. The number of hydrogen-bond acceptors (Lipinski definition) is 5. The number of nitrogens with one attached hydrogen (secondary N) is 1. The first-order valence-electron chi connectivity index (χ1n) is 12.4. The minimum Gasteiger partial charge on any atom is -0.493 e. The molecule has 2 heterocycles. The molecule has 0 spiro atoms. The van der Waals surface area contributed by atoms with E-state index in [0.29, 0.717) is 56.8 Å². The Bertz CT molecular complexity index is 1130. The number of nitrogens with zero attached hydrogens (tertiary/aromatic N) is 2. The Kier molecular flexibility index (Phi) is 7.82. The molecule has 0 unspecified atom stereocenters. The van der Waals surface area contributed by atoms with E-state index in [0.717, 1.165) is 16.7 Å². The molecule has 3 amide bonds. The molecule has 8 heteroatoms. The van der Waals surface area contributed by atoms with E-state index in [1.807, 2.05) is 48.2 Å². The van der Waals surface area contributed by atoms with Crippen LogP contribution in [0.5, 0.6) is 11.5 Å². The van der Waals surface area contributed by atoms with E-state index in [1.165, 1.54) is 0 Å². The third kappa shape index (κ3) is 5.98. The average Bonchev–Trinajstić information content (AvgIpc) is 3.24. The van der Waals surface area contributed by atoms with Crippen molar-refractivity contribution >= 4 is 17.7 Å². The van der Waals surface area contributed by atoms with E-state index in [-0.39, 0.29) is 30.7 Å². The fourth-order valence-electron chi connectivity index (χ4n) is 5.19. The van der Waals surface area contributed by atoms with Gasteiger partial charge in [0.05, 0.1) is 20.8 Å². The van der Waals surface area contributed by atoms with Gasteiger partial charge in [0.2, 0.25) is 17.7 Å². The van der Waals surface area contributed by atoms with Crippen molar-refractivity contribution in [2.75, 3.05) is 33.9 Å². The largest absolute Gasteiger partial charge is 0.493 e. The smallest absolute Gasteiger partial charge is 0.242 e. The molecular weight excluding hydrogens is 458 g/mol. The molecule has 2 aromatic carbocycles. The number of hydrogen-bond donors (Lipinski definition) is 1. The van der Waals surface area contributed by atoms with Gasteiger partial charge in [0, 0.05) is 38.0 Å². The standard InChI is InChI=1S/C28H35N3O5/c1-20-5-4-6-22(15-20)18-30-13-14-31(19-27(30)34)26(33)10-12-28(11-9-25(32)29-28)17-21-7-8-23(35-2)24(16-21)36-3/h4-8,15-16H,9-14,17-19H2,1-3H3,(H,29,32)/t28-/m1/s1. The molecule has 0 saturated carbocycles. The normalized spacial score (nSPS) is 19.9. The van der Waals surface area contributed by atoms with E-state index in [2.05, 4.69) is 11.4 Å². The predicted octanol–water partition coefficient (Wildman–Crippen LogP) is 2.85. The summed E-state index contributed by atoms with van der Waals surface area (Å²) < 4.78 is 10.8. The monoisotopic (exact) mass is 493 g/mol. The molecule has 2 aromatic rings. The van der Waals surface area contributed by atoms with Gasteiger partial charge >= 0.3 is 0 Å². The molecule has 36 heavy (non-hydrogen) atoms. The summed E-state index contributed by atoms with van der Waals surface area (Å²) in [6.07, 6.45) is 2.49. The molecule has 2 saturated heterocycles.